The first-order valence-corrected chi connectivity index (χ1v) is 8.38. The van der Waals surface area contributed by atoms with Crippen LogP contribution in [0.2, 0.25) is 0 Å². The zero-order chi connectivity index (χ0) is 15.1. The smallest absolute Gasteiger partial charge is 0.119 e. The Morgan fingerprint density at radius 2 is 2.29 bits per heavy atom. The van der Waals surface area contributed by atoms with Crippen molar-refractivity contribution in [1.82, 2.24) is 4.90 Å². The van der Waals surface area contributed by atoms with Gasteiger partial charge in [-0.2, -0.15) is 0 Å². The van der Waals surface area contributed by atoms with Crippen LogP contribution in [0.25, 0.3) is 0 Å². The van der Waals surface area contributed by atoms with Crippen molar-refractivity contribution in [2.24, 2.45) is 5.73 Å². The number of hydrogen-bond acceptors (Lipinski definition) is 3. The van der Waals surface area contributed by atoms with Gasteiger partial charge in [-0.1, -0.05) is 37.7 Å². The molecular formula is C17H26N2OS. The summed E-state index contributed by atoms with van der Waals surface area (Å²) >= 11 is 4.98. The lowest BCUT2D eigenvalue weighted by Gasteiger charge is -2.35. The molecule has 4 heteroatoms. The SMILES string of the molecule is CCC1CCCCN1CCCOc1cccc(C(N)=S)c1. The summed E-state index contributed by atoms with van der Waals surface area (Å²) in [4.78, 5) is 3.04. The van der Waals surface area contributed by atoms with Gasteiger partial charge in [0, 0.05) is 18.2 Å². The lowest BCUT2D eigenvalue weighted by Crippen LogP contribution is -2.40. The van der Waals surface area contributed by atoms with E-state index in [4.69, 9.17) is 22.7 Å². The third-order valence-corrected chi connectivity index (χ3v) is 4.43. The van der Waals surface area contributed by atoms with Crippen molar-refractivity contribution in [1.29, 1.82) is 0 Å². The summed E-state index contributed by atoms with van der Waals surface area (Å²) < 4.78 is 5.81. The molecule has 0 saturated carbocycles. The molecule has 1 aliphatic rings. The summed E-state index contributed by atoms with van der Waals surface area (Å²) in [6.45, 7) is 5.41. The van der Waals surface area contributed by atoms with Crippen LogP contribution in [-0.4, -0.2) is 35.6 Å². The molecule has 3 nitrogen and oxygen atoms in total. The van der Waals surface area contributed by atoms with Gasteiger partial charge in [0.05, 0.1) is 6.61 Å². The number of piperidine rings is 1. The maximum absolute atomic E-state index is 5.81. The van der Waals surface area contributed by atoms with Crippen LogP contribution in [0.1, 0.15) is 44.6 Å². The minimum absolute atomic E-state index is 0.416. The molecule has 1 aromatic rings. The molecule has 1 aliphatic heterocycles. The topological polar surface area (TPSA) is 38.5 Å². The van der Waals surface area contributed by atoms with Crippen molar-refractivity contribution >= 4 is 17.2 Å². The van der Waals surface area contributed by atoms with Crippen LogP contribution in [0.3, 0.4) is 0 Å². The highest BCUT2D eigenvalue weighted by Crippen LogP contribution is 2.19. The van der Waals surface area contributed by atoms with Crippen LogP contribution < -0.4 is 10.5 Å². The minimum atomic E-state index is 0.416. The van der Waals surface area contributed by atoms with Gasteiger partial charge in [-0.25, -0.2) is 0 Å². The largest absolute Gasteiger partial charge is 0.494 e. The Morgan fingerprint density at radius 3 is 3.05 bits per heavy atom. The van der Waals surface area contributed by atoms with Crippen LogP contribution in [0.15, 0.2) is 24.3 Å². The summed E-state index contributed by atoms with van der Waals surface area (Å²) in [6, 6.07) is 8.49. The maximum atomic E-state index is 5.81. The van der Waals surface area contributed by atoms with Gasteiger partial charge in [0.15, 0.2) is 0 Å². The molecule has 21 heavy (non-hydrogen) atoms. The summed E-state index contributed by atoms with van der Waals surface area (Å²) in [7, 11) is 0. The van der Waals surface area contributed by atoms with E-state index in [1.54, 1.807) is 0 Å². The standard InChI is InChI=1S/C17H26N2OS/c1-2-15-8-3-4-10-19(15)11-6-12-20-16-9-5-7-14(13-16)17(18)21/h5,7,9,13,15H,2-4,6,8,10-12H2,1H3,(H2,18,21). The molecule has 116 valence electrons. The second kappa shape index (κ2) is 8.35. The average Bonchev–Trinajstić information content (AvgIpc) is 2.52. The van der Waals surface area contributed by atoms with Gasteiger partial charge in [0.2, 0.25) is 0 Å². The van der Waals surface area contributed by atoms with Gasteiger partial charge >= 0.3 is 0 Å². The molecule has 1 heterocycles. The molecule has 1 atom stereocenters. The predicted molar refractivity (Wildman–Crippen MR) is 91.9 cm³/mol. The van der Waals surface area contributed by atoms with E-state index in [2.05, 4.69) is 11.8 Å². The summed E-state index contributed by atoms with van der Waals surface area (Å²) in [5.41, 5.74) is 6.50. The van der Waals surface area contributed by atoms with Crippen molar-refractivity contribution in [3.63, 3.8) is 0 Å². The Kier molecular flexibility index (Phi) is 6.46. The number of likely N-dealkylation sites (tertiary alicyclic amines) is 1. The summed E-state index contributed by atoms with van der Waals surface area (Å²) in [5, 5.41) is 0. The third kappa shape index (κ3) is 4.97. The lowest BCUT2D eigenvalue weighted by atomic mass is 10.00. The number of rotatable bonds is 7. The Morgan fingerprint density at radius 1 is 1.43 bits per heavy atom. The maximum Gasteiger partial charge on any atom is 0.119 e. The molecule has 0 bridgehead atoms. The van der Waals surface area contributed by atoms with E-state index in [0.29, 0.717) is 4.99 Å². The highest BCUT2D eigenvalue weighted by molar-refractivity contribution is 7.80. The van der Waals surface area contributed by atoms with E-state index in [-0.39, 0.29) is 0 Å². The Labute approximate surface area is 133 Å². The first-order valence-electron chi connectivity index (χ1n) is 7.97. The average molecular weight is 306 g/mol. The van der Waals surface area contributed by atoms with E-state index >= 15 is 0 Å². The molecule has 0 aromatic heterocycles. The number of ether oxygens (including phenoxy) is 1. The van der Waals surface area contributed by atoms with Gasteiger partial charge in [-0.3, -0.25) is 0 Å². The molecule has 0 aliphatic carbocycles. The molecule has 1 saturated heterocycles. The number of nitrogens with zero attached hydrogens (tertiary/aromatic N) is 1. The van der Waals surface area contributed by atoms with E-state index in [9.17, 15) is 0 Å². The molecule has 0 spiro atoms. The van der Waals surface area contributed by atoms with Gasteiger partial charge < -0.3 is 15.4 Å². The number of nitrogens with two attached hydrogens (primary N) is 1. The number of thiocarbonyl (C=S) groups is 1. The molecule has 2 N–H and O–H groups in total. The Bertz CT molecular complexity index is 464. The monoisotopic (exact) mass is 306 g/mol. The summed E-state index contributed by atoms with van der Waals surface area (Å²) in [6.07, 6.45) is 6.41. The van der Waals surface area contributed by atoms with Gasteiger partial charge in [-0.05, 0) is 44.4 Å². The fourth-order valence-corrected chi connectivity index (χ4v) is 3.14. The Hall–Kier alpha value is -1.13. The van der Waals surface area contributed by atoms with E-state index in [0.717, 1.165) is 36.9 Å². The highest BCUT2D eigenvalue weighted by Gasteiger charge is 2.19. The molecule has 1 aromatic carbocycles. The zero-order valence-corrected chi connectivity index (χ0v) is 13.7. The van der Waals surface area contributed by atoms with Crippen LogP contribution in [0.5, 0.6) is 5.75 Å². The van der Waals surface area contributed by atoms with Gasteiger partial charge in [0.25, 0.3) is 0 Å². The third-order valence-electron chi connectivity index (χ3n) is 4.20. The fraction of sp³-hybridized carbons (Fsp3) is 0.588. The van der Waals surface area contributed by atoms with Gasteiger partial charge in [-0.15, -0.1) is 0 Å². The van der Waals surface area contributed by atoms with Crippen LogP contribution in [-0.2, 0) is 0 Å². The quantitative estimate of drug-likeness (QED) is 0.619. The predicted octanol–water partition coefficient (Wildman–Crippen LogP) is 3.35. The van der Waals surface area contributed by atoms with Crippen molar-refractivity contribution in [3.05, 3.63) is 29.8 Å². The van der Waals surface area contributed by atoms with Crippen molar-refractivity contribution in [2.45, 2.75) is 45.1 Å². The molecular weight excluding hydrogens is 280 g/mol. The second-order valence-corrected chi connectivity index (χ2v) is 6.13. The van der Waals surface area contributed by atoms with Crippen molar-refractivity contribution in [2.75, 3.05) is 19.7 Å². The van der Waals surface area contributed by atoms with Crippen LogP contribution in [0.4, 0.5) is 0 Å². The molecule has 2 rings (SSSR count). The number of hydrogen-bond donors (Lipinski definition) is 1. The lowest BCUT2D eigenvalue weighted by molar-refractivity contribution is 0.134. The second-order valence-electron chi connectivity index (χ2n) is 5.69. The Balaban J connectivity index is 1.74. The number of benzene rings is 1. The minimum Gasteiger partial charge on any atom is -0.494 e. The molecule has 0 radical (unpaired) electrons. The zero-order valence-electron chi connectivity index (χ0n) is 12.9. The van der Waals surface area contributed by atoms with E-state index in [1.165, 1.54) is 32.2 Å². The van der Waals surface area contributed by atoms with E-state index in [1.807, 2.05) is 24.3 Å². The fourth-order valence-electron chi connectivity index (χ4n) is 3.01. The summed E-state index contributed by atoms with van der Waals surface area (Å²) in [5.74, 6) is 0.853. The first-order chi connectivity index (χ1) is 10.2. The molecule has 1 fully saturated rings. The van der Waals surface area contributed by atoms with Crippen molar-refractivity contribution < 1.29 is 4.74 Å². The first kappa shape index (κ1) is 16.2. The van der Waals surface area contributed by atoms with Crippen LogP contribution in [0, 0.1) is 0 Å². The van der Waals surface area contributed by atoms with Gasteiger partial charge in [0.1, 0.15) is 10.7 Å². The molecule has 1 unspecified atom stereocenters. The van der Waals surface area contributed by atoms with E-state index < -0.39 is 0 Å². The highest BCUT2D eigenvalue weighted by atomic mass is 32.1. The van der Waals surface area contributed by atoms with Crippen molar-refractivity contribution in [3.8, 4) is 5.75 Å². The molecule has 0 amide bonds. The normalized spacial score (nSPS) is 19.4. The van der Waals surface area contributed by atoms with Crippen LogP contribution >= 0.6 is 12.2 Å².